The second-order valence-corrected chi connectivity index (χ2v) is 5.75. The number of hydrogen-bond acceptors (Lipinski definition) is 3. The monoisotopic (exact) mass is 252 g/mol. The van der Waals surface area contributed by atoms with Crippen LogP contribution in [-0.2, 0) is 5.41 Å². The quantitative estimate of drug-likeness (QED) is 0.762. The predicted octanol–water partition coefficient (Wildman–Crippen LogP) is 4.16. The van der Waals surface area contributed by atoms with Crippen LogP contribution in [0.1, 0.15) is 26.3 Å². The van der Waals surface area contributed by atoms with Gasteiger partial charge in [-0.15, -0.1) is 0 Å². The fraction of sp³-hybridized carbons (Fsp3) is 0.333. The Balaban J connectivity index is 2.57. The highest BCUT2D eigenvalue weighted by Crippen LogP contribution is 2.33. The van der Waals surface area contributed by atoms with Crippen molar-refractivity contribution in [2.24, 2.45) is 0 Å². The normalized spacial score (nSPS) is 11.8. The van der Waals surface area contributed by atoms with Crippen LogP contribution in [0.4, 0.5) is 0 Å². The average molecular weight is 253 g/mol. The van der Waals surface area contributed by atoms with E-state index in [1.165, 1.54) is 17.1 Å². The van der Waals surface area contributed by atoms with Crippen molar-refractivity contribution in [1.29, 1.82) is 0 Å². The Kier molecular flexibility index (Phi) is 3.00. The lowest BCUT2D eigenvalue weighted by Gasteiger charge is -2.21. The SMILES string of the molecule is CC(C)(C)c1ccccc1-c1nc(Cl)ns1. The maximum atomic E-state index is 5.77. The summed E-state index contributed by atoms with van der Waals surface area (Å²) in [5, 5.41) is 1.21. The Morgan fingerprint density at radius 1 is 1.19 bits per heavy atom. The zero-order valence-electron chi connectivity index (χ0n) is 9.49. The number of aromatic nitrogens is 2. The third kappa shape index (κ3) is 2.25. The van der Waals surface area contributed by atoms with Crippen LogP contribution >= 0.6 is 23.1 Å². The van der Waals surface area contributed by atoms with E-state index in [1.807, 2.05) is 12.1 Å². The third-order valence-electron chi connectivity index (χ3n) is 2.37. The van der Waals surface area contributed by atoms with Crippen molar-refractivity contribution < 1.29 is 0 Å². The van der Waals surface area contributed by atoms with Crippen molar-refractivity contribution in [2.75, 3.05) is 0 Å². The Morgan fingerprint density at radius 3 is 2.44 bits per heavy atom. The van der Waals surface area contributed by atoms with Crippen molar-refractivity contribution in [1.82, 2.24) is 9.36 Å². The molecule has 2 rings (SSSR count). The summed E-state index contributed by atoms with van der Waals surface area (Å²) < 4.78 is 4.01. The first-order valence-electron chi connectivity index (χ1n) is 5.07. The van der Waals surface area contributed by atoms with Crippen molar-refractivity contribution in [3.63, 3.8) is 0 Å². The zero-order valence-corrected chi connectivity index (χ0v) is 11.1. The first kappa shape index (κ1) is 11.6. The molecule has 0 saturated carbocycles. The maximum Gasteiger partial charge on any atom is 0.234 e. The van der Waals surface area contributed by atoms with E-state index in [9.17, 15) is 0 Å². The molecule has 1 heterocycles. The first-order valence-corrected chi connectivity index (χ1v) is 6.23. The summed E-state index contributed by atoms with van der Waals surface area (Å²) in [6, 6.07) is 8.26. The number of nitrogens with zero attached hydrogens (tertiary/aromatic N) is 2. The number of rotatable bonds is 1. The molecule has 0 aliphatic carbocycles. The van der Waals surface area contributed by atoms with E-state index in [2.05, 4.69) is 42.3 Å². The summed E-state index contributed by atoms with van der Waals surface area (Å²) in [6.07, 6.45) is 0. The Hall–Kier alpha value is -0.930. The van der Waals surface area contributed by atoms with Crippen LogP contribution < -0.4 is 0 Å². The van der Waals surface area contributed by atoms with Crippen LogP contribution in [0.3, 0.4) is 0 Å². The van der Waals surface area contributed by atoms with Gasteiger partial charge in [0.15, 0.2) is 0 Å². The summed E-state index contributed by atoms with van der Waals surface area (Å²) in [5.41, 5.74) is 2.48. The molecule has 1 aromatic carbocycles. The van der Waals surface area contributed by atoms with E-state index in [4.69, 9.17) is 11.6 Å². The van der Waals surface area contributed by atoms with Gasteiger partial charge >= 0.3 is 0 Å². The highest BCUT2D eigenvalue weighted by Gasteiger charge is 2.19. The minimum atomic E-state index is 0.0920. The lowest BCUT2D eigenvalue weighted by atomic mass is 9.84. The number of hydrogen-bond donors (Lipinski definition) is 0. The fourth-order valence-electron chi connectivity index (χ4n) is 1.64. The molecule has 0 fully saturated rings. The van der Waals surface area contributed by atoms with Gasteiger partial charge in [-0.05, 0) is 34.1 Å². The average Bonchev–Trinajstić information content (AvgIpc) is 2.64. The van der Waals surface area contributed by atoms with Crippen molar-refractivity contribution >= 4 is 23.1 Å². The predicted molar refractivity (Wildman–Crippen MR) is 69.1 cm³/mol. The maximum absolute atomic E-state index is 5.77. The summed E-state index contributed by atoms with van der Waals surface area (Å²) in [4.78, 5) is 4.23. The van der Waals surface area contributed by atoms with Crippen molar-refractivity contribution in [3.8, 4) is 10.6 Å². The molecular weight excluding hydrogens is 240 g/mol. The molecule has 0 saturated heterocycles. The van der Waals surface area contributed by atoms with Crippen molar-refractivity contribution in [2.45, 2.75) is 26.2 Å². The Morgan fingerprint density at radius 2 is 1.88 bits per heavy atom. The molecule has 0 unspecified atom stereocenters. The highest BCUT2D eigenvalue weighted by atomic mass is 35.5. The van der Waals surface area contributed by atoms with Crippen LogP contribution in [0.15, 0.2) is 24.3 Å². The highest BCUT2D eigenvalue weighted by molar-refractivity contribution is 7.09. The molecule has 0 N–H and O–H groups in total. The van der Waals surface area contributed by atoms with Gasteiger partial charge in [-0.25, -0.2) is 4.98 Å². The van der Waals surface area contributed by atoms with Gasteiger partial charge in [-0.2, -0.15) is 4.37 Å². The zero-order chi connectivity index (χ0) is 11.8. The van der Waals surface area contributed by atoms with Crippen LogP contribution in [0.5, 0.6) is 0 Å². The smallest absolute Gasteiger partial charge is 0.205 e. The molecule has 0 radical (unpaired) electrons. The van der Waals surface area contributed by atoms with Gasteiger partial charge in [0.25, 0.3) is 0 Å². The van der Waals surface area contributed by atoms with E-state index in [-0.39, 0.29) is 5.41 Å². The standard InChI is InChI=1S/C12H13ClN2S/c1-12(2,3)9-7-5-4-6-8(9)10-14-11(13)15-16-10/h4-7H,1-3H3. The first-order chi connectivity index (χ1) is 7.48. The molecule has 0 amide bonds. The van der Waals surface area contributed by atoms with Gasteiger partial charge in [0.1, 0.15) is 5.01 Å². The largest absolute Gasteiger partial charge is 0.234 e. The molecule has 1 aromatic heterocycles. The second kappa shape index (κ2) is 4.15. The topological polar surface area (TPSA) is 25.8 Å². The number of halogens is 1. The van der Waals surface area contributed by atoms with Crippen LogP contribution in [0, 0.1) is 0 Å². The lowest BCUT2D eigenvalue weighted by Crippen LogP contribution is -2.12. The molecule has 16 heavy (non-hydrogen) atoms. The molecule has 0 aliphatic rings. The van der Waals surface area contributed by atoms with Gasteiger partial charge in [0.2, 0.25) is 5.28 Å². The van der Waals surface area contributed by atoms with Crippen molar-refractivity contribution in [3.05, 3.63) is 35.1 Å². The molecule has 4 heteroatoms. The van der Waals surface area contributed by atoms with Gasteiger partial charge in [0, 0.05) is 5.56 Å². The second-order valence-electron chi connectivity index (χ2n) is 4.66. The van der Waals surface area contributed by atoms with Crippen LogP contribution in [0.25, 0.3) is 10.6 Å². The Labute approximate surface area is 104 Å². The molecule has 84 valence electrons. The number of benzene rings is 1. The van der Waals surface area contributed by atoms with Crippen LogP contribution in [0.2, 0.25) is 5.28 Å². The van der Waals surface area contributed by atoms with E-state index >= 15 is 0 Å². The van der Waals surface area contributed by atoms with E-state index in [1.54, 1.807) is 0 Å². The van der Waals surface area contributed by atoms with E-state index in [0.29, 0.717) is 5.28 Å². The summed E-state index contributed by atoms with van der Waals surface area (Å²) in [5.74, 6) is 0. The molecule has 0 spiro atoms. The molecule has 0 atom stereocenters. The molecule has 0 aliphatic heterocycles. The fourth-order valence-corrected chi connectivity index (χ4v) is 2.48. The van der Waals surface area contributed by atoms with E-state index in [0.717, 1.165) is 10.6 Å². The third-order valence-corrected chi connectivity index (χ3v) is 3.38. The minimum Gasteiger partial charge on any atom is -0.205 e. The summed E-state index contributed by atoms with van der Waals surface area (Å²) in [6.45, 7) is 6.57. The molecular formula is C12H13ClN2S. The summed E-state index contributed by atoms with van der Waals surface area (Å²) >= 11 is 7.10. The van der Waals surface area contributed by atoms with Gasteiger partial charge in [0.05, 0.1) is 0 Å². The molecule has 0 bridgehead atoms. The molecule has 2 aromatic rings. The van der Waals surface area contributed by atoms with Gasteiger partial charge in [-0.1, -0.05) is 45.0 Å². The Bertz CT molecular complexity index is 500. The van der Waals surface area contributed by atoms with Gasteiger partial charge in [-0.3, -0.25) is 0 Å². The van der Waals surface area contributed by atoms with Crippen LogP contribution in [-0.4, -0.2) is 9.36 Å². The minimum absolute atomic E-state index is 0.0920. The van der Waals surface area contributed by atoms with E-state index < -0.39 is 0 Å². The van der Waals surface area contributed by atoms with Gasteiger partial charge < -0.3 is 0 Å². The molecule has 2 nitrogen and oxygen atoms in total. The lowest BCUT2D eigenvalue weighted by molar-refractivity contribution is 0.592. The summed E-state index contributed by atoms with van der Waals surface area (Å²) in [7, 11) is 0.